The average Bonchev–Trinajstić information content (AvgIpc) is 3.32. The van der Waals surface area contributed by atoms with Crippen molar-refractivity contribution in [3.05, 3.63) is 24.5 Å². The smallest absolute Gasteiger partial charge is 0.246 e. The van der Waals surface area contributed by atoms with Crippen molar-refractivity contribution in [2.24, 2.45) is 0 Å². The fourth-order valence-corrected chi connectivity index (χ4v) is 4.77. The van der Waals surface area contributed by atoms with Gasteiger partial charge in [0.25, 0.3) is 0 Å². The zero-order valence-corrected chi connectivity index (χ0v) is 17.5. The van der Waals surface area contributed by atoms with Gasteiger partial charge in [0.2, 0.25) is 11.9 Å². The number of rotatable bonds is 4. The number of piperidine rings is 1. The van der Waals surface area contributed by atoms with E-state index in [1.807, 2.05) is 12.3 Å². The van der Waals surface area contributed by atoms with Crippen molar-refractivity contribution in [2.45, 2.75) is 51.0 Å². The molecule has 0 radical (unpaired) electrons. The van der Waals surface area contributed by atoms with Crippen LogP contribution in [0.25, 0.3) is 0 Å². The van der Waals surface area contributed by atoms with Crippen LogP contribution in [0.1, 0.15) is 44.9 Å². The Kier molecular flexibility index (Phi) is 5.14. The molecule has 2 fully saturated rings. The van der Waals surface area contributed by atoms with Crippen LogP contribution in [-0.2, 0) is 4.79 Å². The molecule has 0 unspecified atom stereocenters. The first-order valence-electron chi connectivity index (χ1n) is 11.1. The van der Waals surface area contributed by atoms with Crippen LogP contribution in [0.2, 0.25) is 0 Å². The number of nitrogens with one attached hydrogen (secondary N) is 1. The van der Waals surface area contributed by atoms with E-state index in [2.05, 4.69) is 31.2 Å². The molecule has 0 atom stereocenters. The summed E-state index contributed by atoms with van der Waals surface area (Å²) in [7, 11) is 1.80. The van der Waals surface area contributed by atoms with Gasteiger partial charge in [-0.05, 0) is 44.2 Å². The molecule has 8 nitrogen and oxygen atoms in total. The van der Waals surface area contributed by atoms with Gasteiger partial charge < -0.3 is 20.0 Å². The third kappa shape index (κ3) is 3.66. The standard InChI is InChI=1S/C22H29N7O/c1-27-18-14-24-22(26-21(18)29(15-20(27)30)16-7-3-4-8-16)25-19-10-9-17(13-23-19)28-11-5-2-6-12-28/h9-10,13-14,16H,2-8,11-12,15H2,1H3,(H,23,24,25,26). The number of pyridine rings is 1. The summed E-state index contributed by atoms with van der Waals surface area (Å²) in [6, 6.07) is 4.47. The molecule has 8 heteroatoms. The van der Waals surface area contributed by atoms with Gasteiger partial charge in [-0.3, -0.25) is 4.79 Å². The Balaban J connectivity index is 1.36. The van der Waals surface area contributed by atoms with Crippen molar-refractivity contribution < 1.29 is 4.79 Å². The van der Waals surface area contributed by atoms with Gasteiger partial charge in [-0.15, -0.1) is 0 Å². The molecule has 4 heterocycles. The first-order chi connectivity index (χ1) is 14.7. The first kappa shape index (κ1) is 19.1. The Morgan fingerprint density at radius 2 is 1.80 bits per heavy atom. The van der Waals surface area contributed by atoms with Gasteiger partial charge in [0.1, 0.15) is 11.5 Å². The third-order valence-corrected chi connectivity index (χ3v) is 6.54. The van der Waals surface area contributed by atoms with Crippen molar-refractivity contribution >= 4 is 34.9 Å². The Hall–Kier alpha value is -2.90. The fourth-order valence-electron chi connectivity index (χ4n) is 4.77. The van der Waals surface area contributed by atoms with E-state index in [-0.39, 0.29) is 5.91 Å². The molecule has 5 rings (SSSR count). The quantitative estimate of drug-likeness (QED) is 0.833. The molecule has 1 saturated carbocycles. The van der Waals surface area contributed by atoms with E-state index in [1.54, 1.807) is 18.1 Å². The Bertz CT molecular complexity index is 904. The molecular formula is C22H29N7O. The predicted molar refractivity (Wildman–Crippen MR) is 119 cm³/mol. The third-order valence-electron chi connectivity index (χ3n) is 6.54. The predicted octanol–water partition coefficient (Wildman–Crippen LogP) is 3.33. The molecule has 1 N–H and O–H groups in total. The Morgan fingerprint density at radius 1 is 1.00 bits per heavy atom. The zero-order chi connectivity index (χ0) is 20.5. The van der Waals surface area contributed by atoms with E-state index in [4.69, 9.17) is 4.98 Å². The molecule has 2 aromatic rings. The van der Waals surface area contributed by atoms with E-state index in [0.717, 1.165) is 43.3 Å². The number of likely N-dealkylation sites (N-methyl/N-ethyl adjacent to an activating group) is 1. The van der Waals surface area contributed by atoms with Crippen LogP contribution in [0.4, 0.5) is 29.0 Å². The van der Waals surface area contributed by atoms with Crippen molar-refractivity contribution in [2.75, 3.05) is 46.7 Å². The summed E-state index contributed by atoms with van der Waals surface area (Å²) >= 11 is 0. The molecule has 0 aromatic carbocycles. The lowest BCUT2D eigenvalue weighted by Crippen LogP contribution is -2.48. The SMILES string of the molecule is CN1C(=O)CN(C2CCCC2)c2nc(Nc3ccc(N4CCCCC4)cn3)ncc21. The van der Waals surface area contributed by atoms with E-state index in [0.29, 0.717) is 18.5 Å². The molecule has 1 aliphatic carbocycles. The molecule has 30 heavy (non-hydrogen) atoms. The Labute approximate surface area is 177 Å². The number of amides is 1. The minimum absolute atomic E-state index is 0.0914. The molecule has 2 aliphatic heterocycles. The number of anilines is 5. The largest absolute Gasteiger partial charge is 0.370 e. The maximum absolute atomic E-state index is 12.5. The van der Waals surface area contributed by atoms with E-state index in [1.165, 1.54) is 37.8 Å². The molecule has 0 spiro atoms. The minimum atomic E-state index is 0.0914. The summed E-state index contributed by atoms with van der Waals surface area (Å²) in [5.74, 6) is 2.17. The van der Waals surface area contributed by atoms with Crippen LogP contribution in [0, 0.1) is 0 Å². The van der Waals surface area contributed by atoms with Crippen LogP contribution in [0.15, 0.2) is 24.5 Å². The fraction of sp³-hybridized carbons (Fsp3) is 0.545. The maximum atomic E-state index is 12.5. The molecule has 1 amide bonds. The topological polar surface area (TPSA) is 77.5 Å². The summed E-state index contributed by atoms with van der Waals surface area (Å²) in [5.41, 5.74) is 1.94. The summed E-state index contributed by atoms with van der Waals surface area (Å²) in [6.45, 7) is 2.59. The molecule has 3 aliphatic rings. The zero-order valence-electron chi connectivity index (χ0n) is 17.5. The minimum Gasteiger partial charge on any atom is -0.370 e. The Morgan fingerprint density at radius 3 is 2.53 bits per heavy atom. The van der Waals surface area contributed by atoms with E-state index < -0.39 is 0 Å². The highest BCUT2D eigenvalue weighted by molar-refractivity contribution is 6.02. The molecule has 1 saturated heterocycles. The van der Waals surface area contributed by atoms with E-state index >= 15 is 0 Å². The van der Waals surface area contributed by atoms with Gasteiger partial charge in [-0.25, -0.2) is 9.97 Å². The number of carbonyl (C=O) groups is 1. The normalized spacial score (nSPS) is 19.9. The van der Waals surface area contributed by atoms with Crippen LogP contribution < -0.4 is 20.0 Å². The lowest BCUT2D eigenvalue weighted by atomic mass is 10.1. The van der Waals surface area contributed by atoms with Gasteiger partial charge in [-0.1, -0.05) is 12.8 Å². The highest BCUT2D eigenvalue weighted by Crippen LogP contribution is 2.36. The van der Waals surface area contributed by atoms with Crippen molar-refractivity contribution in [1.29, 1.82) is 0 Å². The highest BCUT2D eigenvalue weighted by Gasteiger charge is 2.34. The van der Waals surface area contributed by atoms with Crippen molar-refractivity contribution in [1.82, 2.24) is 15.0 Å². The second-order valence-electron chi connectivity index (χ2n) is 8.50. The number of carbonyl (C=O) groups excluding carboxylic acids is 1. The lowest BCUT2D eigenvalue weighted by molar-refractivity contribution is -0.117. The number of hydrogen-bond donors (Lipinski definition) is 1. The summed E-state index contributed by atoms with van der Waals surface area (Å²) in [6.07, 6.45) is 12.1. The van der Waals surface area contributed by atoms with Gasteiger partial charge in [0.15, 0.2) is 5.82 Å². The number of aromatic nitrogens is 3. The van der Waals surface area contributed by atoms with Crippen molar-refractivity contribution in [3.8, 4) is 0 Å². The van der Waals surface area contributed by atoms with Gasteiger partial charge in [0, 0.05) is 26.2 Å². The van der Waals surface area contributed by atoms with Crippen LogP contribution in [-0.4, -0.2) is 53.6 Å². The second kappa shape index (κ2) is 8.08. The maximum Gasteiger partial charge on any atom is 0.246 e. The molecular weight excluding hydrogens is 378 g/mol. The highest BCUT2D eigenvalue weighted by atomic mass is 16.2. The van der Waals surface area contributed by atoms with E-state index in [9.17, 15) is 4.79 Å². The van der Waals surface area contributed by atoms with Crippen LogP contribution >= 0.6 is 0 Å². The number of fused-ring (bicyclic) bond motifs is 1. The van der Waals surface area contributed by atoms with Gasteiger partial charge in [0.05, 0.1) is 24.6 Å². The lowest BCUT2D eigenvalue weighted by Gasteiger charge is -2.37. The van der Waals surface area contributed by atoms with Crippen LogP contribution in [0.3, 0.4) is 0 Å². The average molecular weight is 408 g/mol. The first-order valence-corrected chi connectivity index (χ1v) is 11.1. The summed E-state index contributed by atoms with van der Waals surface area (Å²) < 4.78 is 0. The van der Waals surface area contributed by atoms with Gasteiger partial charge in [-0.2, -0.15) is 4.98 Å². The van der Waals surface area contributed by atoms with Crippen molar-refractivity contribution in [3.63, 3.8) is 0 Å². The summed E-state index contributed by atoms with van der Waals surface area (Å²) in [5, 5.41) is 3.24. The molecule has 2 aromatic heterocycles. The number of hydrogen-bond acceptors (Lipinski definition) is 7. The van der Waals surface area contributed by atoms with Crippen LogP contribution in [0.5, 0.6) is 0 Å². The second-order valence-corrected chi connectivity index (χ2v) is 8.50. The summed E-state index contributed by atoms with van der Waals surface area (Å²) in [4.78, 5) is 32.5. The van der Waals surface area contributed by atoms with Gasteiger partial charge >= 0.3 is 0 Å². The monoisotopic (exact) mass is 407 g/mol. The number of nitrogens with zero attached hydrogens (tertiary/aromatic N) is 6. The molecule has 0 bridgehead atoms. The molecule has 158 valence electrons.